The van der Waals surface area contributed by atoms with E-state index in [4.69, 9.17) is 9.47 Å². The molecule has 1 aliphatic heterocycles. The van der Waals surface area contributed by atoms with E-state index < -0.39 is 5.82 Å². The van der Waals surface area contributed by atoms with Crippen LogP contribution in [0.3, 0.4) is 0 Å². The van der Waals surface area contributed by atoms with Crippen LogP contribution in [0.5, 0.6) is 5.75 Å². The smallest absolute Gasteiger partial charge is 0.156 e. The molecule has 0 spiro atoms. The third kappa shape index (κ3) is 5.23. The van der Waals surface area contributed by atoms with Gasteiger partial charge < -0.3 is 14.8 Å². The average molecular weight is 511 g/mol. The molecule has 1 saturated heterocycles. The topological polar surface area (TPSA) is 87.0 Å². The van der Waals surface area contributed by atoms with Crippen molar-refractivity contribution < 1.29 is 13.9 Å². The van der Waals surface area contributed by atoms with Gasteiger partial charge in [-0.1, -0.05) is 25.3 Å². The summed E-state index contributed by atoms with van der Waals surface area (Å²) in [5.41, 5.74) is 3.44. The second-order valence-corrected chi connectivity index (χ2v) is 8.80. The van der Waals surface area contributed by atoms with Crippen LogP contribution in [0.15, 0.2) is 86.6 Å². The summed E-state index contributed by atoms with van der Waals surface area (Å²) < 4.78 is 28.5. The van der Waals surface area contributed by atoms with Crippen molar-refractivity contribution in [2.75, 3.05) is 25.1 Å². The van der Waals surface area contributed by atoms with Crippen molar-refractivity contribution in [3.05, 3.63) is 92.4 Å². The Morgan fingerprint density at radius 2 is 1.95 bits per heavy atom. The normalized spacial score (nSPS) is 12.9. The minimum Gasteiger partial charge on any atom is -0.492 e. The zero-order valence-electron chi connectivity index (χ0n) is 21.0. The van der Waals surface area contributed by atoms with E-state index in [1.54, 1.807) is 53.5 Å². The van der Waals surface area contributed by atoms with E-state index in [9.17, 15) is 0 Å². The highest BCUT2D eigenvalue weighted by atomic mass is 19.1. The minimum absolute atomic E-state index is 0.301. The highest BCUT2D eigenvalue weighted by Gasteiger charge is 2.21. The average Bonchev–Trinajstić information content (AvgIpc) is 3.36. The van der Waals surface area contributed by atoms with E-state index in [1.807, 2.05) is 25.4 Å². The maximum Gasteiger partial charge on any atom is 0.156 e. The summed E-state index contributed by atoms with van der Waals surface area (Å²) in [7, 11) is 1.87. The zero-order valence-corrected chi connectivity index (χ0v) is 21.0. The summed E-state index contributed by atoms with van der Waals surface area (Å²) in [6, 6.07) is 10.8. The van der Waals surface area contributed by atoms with Crippen LogP contribution in [0.2, 0.25) is 0 Å². The van der Waals surface area contributed by atoms with Gasteiger partial charge in [-0.15, -0.1) is 0 Å². The maximum absolute atomic E-state index is 15.3. The van der Waals surface area contributed by atoms with Gasteiger partial charge in [-0.3, -0.25) is 9.67 Å². The molecule has 1 fully saturated rings. The van der Waals surface area contributed by atoms with Gasteiger partial charge in [0.05, 0.1) is 48.1 Å². The van der Waals surface area contributed by atoms with Gasteiger partial charge in [-0.25, -0.2) is 14.4 Å². The number of pyridine rings is 1. The number of allylic oxidation sites excluding steroid dienone is 2. The highest BCUT2D eigenvalue weighted by molar-refractivity contribution is 5.99. The number of anilines is 2. The fourth-order valence-corrected chi connectivity index (χ4v) is 4.03. The minimum atomic E-state index is -0.390. The largest absolute Gasteiger partial charge is 0.492 e. The molecular weight excluding hydrogens is 483 g/mol. The number of hydrogen-bond acceptors (Lipinski definition) is 7. The van der Waals surface area contributed by atoms with Crippen LogP contribution in [-0.2, 0) is 11.8 Å². The van der Waals surface area contributed by atoms with Crippen LogP contribution in [0.1, 0.15) is 0 Å². The molecule has 5 aromatic rings. The summed E-state index contributed by atoms with van der Waals surface area (Å²) in [5, 5.41) is 8.54. The van der Waals surface area contributed by atoms with Crippen molar-refractivity contribution in [3.63, 3.8) is 0 Å². The van der Waals surface area contributed by atoms with Crippen LogP contribution in [0.4, 0.5) is 15.9 Å². The molecule has 3 aromatic heterocycles. The number of aryl methyl sites for hydroxylation is 1. The second-order valence-electron chi connectivity index (χ2n) is 8.80. The Balaban J connectivity index is 0.000000689. The first kappa shape index (κ1) is 25.0. The van der Waals surface area contributed by atoms with E-state index in [0.717, 1.165) is 11.1 Å². The fourth-order valence-electron chi connectivity index (χ4n) is 4.03. The highest BCUT2D eigenvalue weighted by Crippen LogP contribution is 2.37. The van der Waals surface area contributed by atoms with Crippen molar-refractivity contribution in [1.82, 2.24) is 24.7 Å². The Kier molecular flexibility index (Phi) is 7.37. The molecule has 2 aromatic carbocycles. The number of nitrogens with one attached hydrogen (secondary N) is 1. The van der Waals surface area contributed by atoms with E-state index in [-0.39, 0.29) is 0 Å². The molecule has 0 radical (unpaired) electrons. The first-order valence-electron chi connectivity index (χ1n) is 12.1. The third-order valence-electron chi connectivity index (χ3n) is 6.06. The van der Waals surface area contributed by atoms with Gasteiger partial charge in [0.2, 0.25) is 0 Å². The monoisotopic (exact) mass is 510 g/mol. The Morgan fingerprint density at radius 3 is 2.66 bits per heavy atom. The number of rotatable bonds is 7. The van der Waals surface area contributed by atoms with Crippen LogP contribution >= 0.6 is 0 Å². The molecule has 38 heavy (non-hydrogen) atoms. The molecule has 0 amide bonds. The first-order chi connectivity index (χ1) is 18.6. The van der Waals surface area contributed by atoms with E-state index >= 15 is 4.39 Å². The predicted octanol–water partition coefficient (Wildman–Crippen LogP) is 5.84. The van der Waals surface area contributed by atoms with Crippen molar-refractivity contribution >= 4 is 33.3 Å². The van der Waals surface area contributed by atoms with Gasteiger partial charge >= 0.3 is 0 Å². The number of halogens is 1. The predicted molar refractivity (Wildman–Crippen MR) is 147 cm³/mol. The van der Waals surface area contributed by atoms with Crippen LogP contribution < -0.4 is 10.1 Å². The summed E-state index contributed by atoms with van der Waals surface area (Å²) in [4.78, 5) is 13.1. The number of hydrogen-bond donors (Lipinski definition) is 1. The van der Waals surface area contributed by atoms with Crippen molar-refractivity contribution in [2.24, 2.45) is 13.0 Å². The van der Waals surface area contributed by atoms with Gasteiger partial charge in [0.25, 0.3) is 0 Å². The molecule has 0 saturated carbocycles. The van der Waals surface area contributed by atoms with Gasteiger partial charge in [0.15, 0.2) is 5.82 Å². The Hall–Kier alpha value is -4.63. The van der Waals surface area contributed by atoms with E-state index in [2.05, 4.69) is 38.5 Å². The van der Waals surface area contributed by atoms with Crippen LogP contribution in [0.25, 0.3) is 32.9 Å². The van der Waals surface area contributed by atoms with Gasteiger partial charge in [-0.05, 0) is 42.0 Å². The molecule has 1 N–H and O–H groups in total. The molecule has 0 aliphatic carbocycles. The van der Waals surface area contributed by atoms with Gasteiger partial charge in [0, 0.05) is 36.3 Å². The van der Waals surface area contributed by atoms with Crippen molar-refractivity contribution in [3.8, 4) is 16.9 Å². The summed E-state index contributed by atoms with van der Waals surface area (Å²) in [5.74, 6) is 1.03. The summed E-state index contributed by atoms with van der Waals surface area (Å²) in [6.07, 6.45) is 10.1. The molecule has 0 unspecified atom stereocenters. The third-order valence-corrected chi connectivity index (χ3v) is 6.06. The number of benzene rings is 2. The molecule has 0 atom stereocenters. The Bertz CT molecular complexity index is 1610. The van der Waals surface area contributed by atoms with Crippen molar-refractivity contribution in [1.29, 1.82) is 0 Å². The van der Waals surface area contributed by atoms with Crippen LogP contribution in [-0.4, -0.2) is 44.6 Å². The fraction of sp³-hybridized carbons (Fsp3) is 0.172. The number of ether oxygens (including phenoxy) is 2. The lowest BCUT2D eigenvalue weighted by Gasteiger charge is -2.26. The lowest BCUT2D eigenvalue weighted by molar-refractivity contribution is -0.0506. The molecule has 1 aliphatic rings. The number of aromatic nitrogens is 5. The van der Waals surface area contributed by atoms with Gasteiger partial charge in [-0.2, -0.15) is 5.10 Å². The lowest BCUT2D eigenvalue weighted by atomic mass is 10.1. The molecular formula is C29H27FN6O2. The molecule has 4 heterocycles. The molecule has 0 bridgehead atoms. The quantitative estimate of drug-likeness (QED) is 0.275. The summed E-state index contributed by atoms with van der Waals surface area (Å²) in [6.45, 7) is 8.59. The van der Waals surface area contributed by atoms with Crippen LogP contribution in [0, 0.1) is 11.7 Å². The molecule has 6 rings (SSSR count). The van der Waals surface area contributed by atoms with Gasteiger partial charge in [0.1, 0.15) is 17.9 Å². The number of fused-ring (bicyclic) bond motifs is 2. The van der Waals surface area contributed by atoms with E-state index in [1.165, 1.54) is 6.33 Å². The first-order valence-corrected chi connectivity index (χ1v) is 12.1. The zero-order chi connectivity index (χ0) is 26.5. The van der Waals surface area contributed by atoms with E-state index in [0.29, 0.717) is 64.8 Å². The maximum atomic E-state index is 15.3. The molecule has 9 heteroatoms. The standard InChI is InChI=1S/C25H21FN6O2.C4H6/c1-32-10-17(9-30-32)16-7-21-23(22(8-16)34-13-15-11-33-12-15)25(29-14-28-21)31-20-5-4-19-18(24(20)26)3-2-6-27-19;1-3-4-2/h2-10,14-15H,11-13H2,1H3,(H,28,29,31);3-4H,1-2H2. The lowest BCUT2D eigenvalue weighted by Crippen LogP contribution is -2.32. The van der Waals surface area contributed by atoms with Crippen molar-refractivity contribution in [2.45, 2.75) is 0 Å². The summed E-state index contributed by atoms with van der Waals surface area (Å²) >= 11 is 0. The number of nitrogens with zero attached hydrogens (tertiary/aromatic N) is 5. The molecule has 192 valence electrons. The SMILES string of the molecule is C=CC=C.Cn1cc(-c2cc(OCC3COC3)c3c(Nc4ccc5ncccc5c4F)ncnc3c2)cn1. The Labute approximate surface area is 219 Å². The Morgan fingerprint density at radius 1 is 1.11 bits per heavy atom. The second kappa shape index (κ2) is 11.2. The molecule has 8 nitrogen and oxygen atoms in total.